The summed E-state index contributed by atoms with van der Waals surface area (Å²) in [5.74, 6) is -0.150. The molecule has 7 heteroatoms. The predicted molar refractivity (Wildman–Crippen MR) is 78.0 cm³/mol. The van der Waals surface area contributed by atoms with Gasteiger partial charge in [-0.05, 0) is 44.4 Å². The van der Waals surface area contributed by atoms with E-state index in [1.54, 1.807) is 19.1 Å². The molecule has 1 aromatic carbocycles. The van der Waals surface area contributed by atoms with E-state index in [0.29, 0.717) is 13.0 Å². The molecule has 2 rings (SSSR count). The van der Waals surface area contributed by atoms with Crippen molar-refractivity contribution in [2.75, 3.05) is 6.61 Å². The van der Waals surface area contributed by atoms with Crippen LogP contribution in [0.2, 0.25) is 0 Å². The molecule has 0 aromatic heterocycles. The van der Waals surface area contributed by atoms with Gasteiger partial charge in [0.15, 0.2) is 0 Å². The number of ether oxygens (including phenoxy) is 1. The zero-order valence-electron chi connectivity index (χ0n) is 12.1. The van der Waals surface area contributed by atoms with E-state index >= 15 is 0 Å². The van der Waals surface area contributed by atoms with Crippen LogP contribution in [-0.2, 0) is 19.6 Å². The van der Waals surface area contributed by atoms with Crippen LogP contribution >= 0.6 is 0 Å². The number of nitrogens with one attached hydrogen (secondary N) is 1. The smallest absolute Gasteiger partial charge is 0.252 e. The fraction of sp³-hybridized carbons (Fsp3) is 0.500. The van der Waals surface area contributed by atoms with Crippen molar-refractivity contribution in [3.63, 3.8) is 0 Å². The second kappa shape index (κ2) is 5.75. The summed E-state index contributed by atoms with van der Waals surface area (Å²) in [5, 5.41) is 7.94. The summed E-state index contributed by atoms with van der Waals surface area (Å²) in [7, 11) is -3.70. The summed E-state index contributed by atoms with van der Waals surface area (Å²) in [5.41, 5.74) is 0.0340. The van der Waals surface area contributed by atoms with Crippen LogP contribution in [0.15, 0.2) is 29.2 Å². The van der Waals surface area contributed by atoms with E-state index in [2.05, 4.69) is 5.32 Å². The molecular weight excluding hydrogens is 292 g/mol. The van der Waals surface area contributed by atoms with E-state index < -0.39 is 15.6 Å². The number of rotatable bonds is 4. The van der Waals surface area contributed by atoms with Crippen molar-refractivity contribution in [3.8, 4) is 0 Å². The molecule has 0 bridgehead atoms. The molecule has 1 aliphatic rings. The van der Waals surface area contributed by atoms with Gasteiger partial charge in [-0.25, -0.2) is 13.6 Å². The quantitative estimate of drug-likeness (QED) is 0.869. The van der Waals surface area contributed by atoms with Gasteiger partial charge >= 0.3 is 0 Å². The fourth-order valence-corrected chi connectivity index (χ4v) is 2.85. The number of carbonyl (C=O) groups is 1. The number of benzene rings is 1. The molecule has 2 atom stereocenters. The molecule has 0 radical (unpaired) electrons. The maximum Gasteiger partial charge on any atom is 0.252 e. The summed E-state index contributed by atoms with van der Waals surface area (Å²) in [6, 6.07) is 5.90. The van der Waals surface area contributed by atoms with Crippen molar-refractivity contribution in [3.05, 3.63) is 29.8 Å². The minimum atomic E-state index is -3.70. The van der Waals surface area contributed by atoms with Gasteiger partial charge in [-0.3, -0.25) is 4.79 Å². The minimum absolute atomic E-state index is 0.0517. The molecule has 21 heavy (non-hydrogen) atoms. The number of carbonyl (C=O) groups excluding carboxylic acids is 1. The molecule has 2 unspecified atom stereocenters. The molecule has 6 nitrogen and oxygen atoms in total. The van der Waals surface area contributed by atoms with Crippen LogP contribution in [0.1, 0.15) is 38.3 Å². The average Bonchev–Trinajstić information content (AvgIpc) is 2.86. The highest BCUT2D eigenvalue weighted by atomic mass is 32.2. The van der Waals surface area contributed by atoms with Crippen LogP contribution in [0.25, 0.3) is 0 Å². The summed E-state index contributed by atoms with van der Waals surface area (Å²) >= 11 is 0. The number of hydrogen-bond donors (Lipinski definition) is 2. The van der Waals surface area contributed by atoms with Crippen LogP contribution in [0.5, 0.6) is 0 Å². The molecular formula is C14H20N2O4S. The highest BCUT2D eigenvalue weighted by Gasteiger charge is 2.38. The van der Waals surface area contributed by atoms with Crippen molar-refractivity contribution in [1.82, 2.24) is 5.32 Å². The van der Waals surface area contributed by atoms with E-state index in [1.807, 2.05) is 6.92 Å². The molecule has 116 valence electrons. The van der Waals surface area contributed by atoms with Crippen molar-refractivity contribution in [1.29, 1.82) is 0 Å². The van der Waals surface area contributed by atoms with E-state index in [1.165, 1.54) is 12.1 Å². The van der Waals surface area contributed by atoms with Crippen molar-refractivity contribution < 1.29 is 17.9 Å². The molecule has 1 aromatic rings. The van der Waals surface area contributed by atoms with Crippen molar-refractivity contribution >= 4 is 15.9 Å². The molecule has 0 saturated carbocycles. The van der Waals surface area contributed by atoms with Gasteiger partial charge in [-0.1, -0.05) is 12.1 Å². The second-order valence-corrected chi connectivity index (χ2v) is 7.05. The highest BCUT2D eigenvalue weighted by Crippen LogP contribution is 2.26. The number of sulfonamides is 1. The van der Waals surface area contributed by atoms with Gasteiger partial charge in [-0.2, -0.15) is 0 Å². The molecule has 1 saturated heterocycles. The Morgan fingerprint density at radius 1 is 1.38 bits per heavy atom. The zero-order chi connectivity index (χ0) is 15.7. The molecule has 1 aliphatic heterocycles. The van der Waals surface area contributed by atoms with Gasteiger partial charge in [0.25, 0.3) is 5.91 Å². The average molecular weight is 312 g/mol. The molecule has 1 heterocycles. The van der Waals surface area contributed by atoms with E-state index in [-0.39, 0.29) is 16.8 Å². The maximum absolute atomic E-state index is 12.2. The van der Waals surface area contributed by atoms with E-state index in [4.69, 9.17) is 9.88 Å². The molecule has 0 spiro atoms. The SMILES string of the molecule is CC(NC(=O)C1(C)CCCO1)c1ccc(S(N)(=O)=O)cc1. The van der Waals surface area contributed by atoms with E-state index in [0.717, 1.165) is 12.0 Å². The van der Waals surface area contributed by atoms with Gasteiger partial charge in [0.1, 0.15) is 5.60 Å². The van der Waals surface area contributed by atoms with Crippen LogP contribution in [0, 0.1) is 0 Å². The van der Waals surface area contributed by atoms with E-state index in [9.17, 15) is 13.2 Å². The Bertz CT molecular complexity index is 619. The Hall–Kier alpha value is -1.44. The monoisotopic (exact) mass is 312 g/mol. The van der Waals surface area contributed by atoms with Gasteiger partial charge in [0.05, 0.1) is 10.9 Å². The number of hydrogen-bond acceptors (Lipinski definition) is 4. The lowest BCUT2D eigenvalue weighted by atomic mass is 10.0. The first-order valence-corrected chi connectivity index (χ1v) is 8.35. The zero-order valence-corrected chi connectivity index (χ0v) is 12.9. The third-order valence-corrected chi connectivity index (χ3v) is 4.68. The van der Waals surface area contributed by atoms with Crippen LogP contribution in [0.3, 0.4) is 0 Å². The second-order valence-electron chi connectivity index (χ2n) is 5.49. The number of amides is 1. The van der Waals surface area contributed by atoms with Crippen molar-refractivity contribution in [2.24, 2.45) is 5.14 Å². The maximum atomic E-state index is 12.2. The number of primary sulfonamides is 1. The van der Waals surface area contributed by atoms with Crippen LogP contribution < -0.4 is 10.5 Å². The summed E-state index contributed by atoms with van der Waals surface area (Å²) in [6.45, 7) is 4.22. The Morgan fingerprint density at radius 2 is 2.00 bits per heavy atom. The summed E-state index contributed by atoms with van der Waals surface area (Å²) in [6.07, 6.45) is 1.58. The Kier molecular flexibility index (Phi) is 4.36. The summed E-state index contributed by atoms with van der Waals surface area (Å²) in [4.78, 5) is 12.3. The first kappa shape index (κ1) is 15.9. The fourth-order valence-electron chi connectivity index (χ4n) is 2.34. The number of nitrogens with two attached hydrogens (primary N) is 1. The molecule has 3 N–H and O–H groups in total. The Labute approximate surface area is 124 Å². The lowest BCUT2D eigenvalue weighted by Gasteiger charge is -2.25. The predicted octanol–water partition coefficient (Wildman–Crippen LogP) is 1.08. The third-order valence-electron chi connectivity index (χ3n) is 3.76. The lowest BCUT2D eigenvalue weighted by Crippen LogP contribution is -2.44. The Morgan fingerprint density at radius 3 is 2.48 bits per heavy atom. The van der Waals surface area contributed by atoms with Crippen LogP contribution in [0.4, 0.5) is 0 Å². The Balaban J connectivity index is 2.06. The third kappa shape index (κ3) is 3.61. The van der Waals surface area contributed by atoms with Gasteiger partial charge in [0.2, 0.25) is 10.0 Å². The standard InChI is InChI=1S/C14H20N2O4S/c1-10(16-13(17)14(2)8-3-9-20-14)11-4-6-12(7-5-11)21(15,18)19/h4-7,10H,3,8-9H2,1-2H3,(H,16,17)(H2,15,18,19). The molecule has 0 aliphatic carbocycles. The van der Waals surface area contributed by atoms with Gasteiger partial charge in [-0.15, -0.1) is 0 Å². The van der Waals surface area contributed by atoms with Gasteiger partial charge in [0, 0.05) is 6.61 Å². The highest BCUT2D eigenvalue weighted by molar-refractivity contribution is 7.89. The molecule has 1 fully saturated rings. The minimum Gasteiger partial charge on any atom is -0.365 e. The normalized spacial score (nSPS) is 23.8. The molecule has 1 amide bonds. The largest absolute Gasteiger partial charge is 0.365 e. The van der Waals surface area contributed by atoms with Gasteiger partial charge < -0.3 is 10.1 Å². The topological polar surface area (TPSA) is 98.5 Å². The summed E-state index contributed by atoms with van der Waals surface area (Å²) < 4.78 is 27.9. The first-order valence-electron chi connectivity index (χ1n) is 6.80. The van der Waals surface area contributed by atoms with Crippen LogP contribution in [-0.4, -0.2) is 26.5 Å². The van der Waals surface area contributed by atoms with Crippen molar-refractivity contribution in [2.45, 2.75) is 43.2 Å². The first-order chi connectivity index (χ1) is 9.72. The lowest BCUT2D eigenvalue weighted by molar-refractivity contribution is -0.140.